The molecule has 0 radical (unpaired) electrons. The minimum atomic E-state index is -0.847. The van der Waals surface area contributed by atoms with Crippen molar-refractivity contribution in [3.63, 3.8) is 0 Å². The molecule has 11 nitrogen and oxygen atoms in total. The van der Waals surface area contributed by atoms with Crippen molar-refractivity contribution in [2.75, 3.05) is 26.2 Å². The van der Waals surface area contributed by atoms with Crippen LogP contribution in [0.4, 0.5) is 0 Å². The van der Waals surface area contributed by atoms with Gasteiger partial charge in [-0.15, -0.1) is 0 Å². The minimum absolute atomic E-state index is 0.0742. The second-order valence-corrected chi connectivity index (χ2v) is 7.92. The summed E-state index contributed by atoms with van der Waals surface area (Å²) in [6.45, 7) is 1.14. The molecule has 170 valence electrons. The summed E-state index contributed by atoms with van der Waals surface area (Å²) in [7, 11) is 1.71. The Labute approximate surface area is 181 Å². The number of nitrogens with two attached hydrogens (primary N) is 1. The van der Waals surface area contributed by atoms with E-state index < -0.39 is 11.9 Å². The van der Waals surface area contributed by atoms with Gasteiger partial charge in [-0.1, -0.05) is 0 Å². The van der Waals surface area contributed by atoms with Crippen LogP contribution in [0.5, 0.6) is 0 Å². The first-order chi connectivity index (χ1) is 14.7. The monoisotopic (exact) mass is 435 g/mol. The molecule has 6 amide bonds. The Morgan fingerprint density at radius 2 is 1.55 bits per heavy atom. The molecule has 0 saturated carbocycles. The predicted molar refractivity (Wildman–Crippen MR) is 112 cm³/mol. The molecular formula is C19H30BN5O6. The number of rotatable bonds is 12. The second kappa shape index (κ2) is 11.6. The zero-order chi connectivity index (χ0) is 23.0. The van der Waals surface area contributed by atoms with Gasteiger partial charge in [-0.3, -0.25) is 38.6 Å². The van der Waals surface area contributed by atoms with E-state index in [1.54, 1.807) is 7.85 Å². The number of nitrogens with one attached hydrogen (secondary N) is 2. The fraction of sp³-hybridized carbons (Fsp3) is 0.684. The fourth-order valence-electron chi connectivity index (χ4n) is 3.51. The molecule has 0 spiro atoms. The van der Waals surface area contributed by atoms with E-state index in [1.807, 2.05) is 0 Å². The maximum Gasteiger partial charge on any atom is 0.236 e. The smallest absolute Gasteiger partial charge is 0.236 e. The first kappa shape index (κ1) is 24.5. The molecular weight excluding hydrogens is 405 g/mol. The molecule has 12 heteroatoms. The maximum atomic E-state index is 12.0. The average molecular weight is 435 g/mol. The van der Waals surface area contributed by atoms with Gasteiger partial charge in [0.1, 0.15) is 7.85 Å². The summed E-state index contributed by atoms with van der Waals surface area (Å²) in [6.07, 6.45) is 1.87. The molecule has 0 aromatic rings. The van der Waals surface area contributed by atoms with Crippen LogP contribution in [0.3, 0.4) is 0 Å². The fourth-order valence-corrected chi connectivity index (χ4v) is 3.51. The summed E-state index contributed by atoms with van der Waals surface area (Å²) in [6, 6.07) is -0.847. The number of hydrogen-bond donors (Lipinski definition) is 3. The third kappa shape index (κ3) is 7.16. The molecule has 1 unspecified atom stereocenters. The van der Waals surface area contributed by atoms with Crippen LogP contribution in [0.1, 0.15) is 44.9 Å². The number of imide groups is 2. The highest BCUT2D eigenvalue weighted by Crippen LogP contribution is 2.21. The van der Waals surface area contributed by atoms with Crippen LogP contribution >= 0.6 is 0 Å². The number of likely N-dealkylation sites (tertiary alicyclic amines) is 2. The van der Waals surface area contributed by atoms with E-state index in [9.17, 15) is 28.8 Å². The molecule has 2 fully saturated rings. The SMILES string of the molecule is BC1CC(=O)N(CCCNC(=O)[C@@H](N)CCC(=O)NCCCN2C(=O)CCC2=O)C1=O. The normalized spacial score (nSPS) is 19.8. The van der Waals surface area contributed by atoms with Crippen molar-refractivity contribution < 1.29 is 28.8 Å². The molecule has 0 aromatic heterocycles. The first-order valence-corrected chi connectivity index (χ1v) is 10.7. The Kier molecular flexibility index (Phi) is 9.16. The third-order valence-corrected chi connectivity index (χ3v) is 5.38. The van der Waals surface area contributed by atoms with Gasteiger partial charge in [-0.25, -0.2) is 0 Å². The number of hydrogen-bond acceptors (Lipinski definition) is 7. The molecule has 2 heterocycles. The van der Waals surface area contributed by atoms with E-state index >= 15 is 0 Å². The number of amides is 6. The van der Waals surface area contributed by atoms with E-state index in [0.29, 0.717) is 19.4 Å². The van der Waals surface area contributed by atoms with Crippen LogP contribution in [0.2, 0.25) is 5.82 Å². The van der Waals surface area contributed by atoms with Gasteiger partial charge in [-0.05, 0) is 19.3 Å². The van der Waals surface area contributed by atoms with Crippen molar-refractivity contribution >= 4 is 43.3 Å². The topological polar surface area (TPSA) is 159 Å². The van der Waals surface area contributed by atoms with Gasteiger partial charge in [0.05, 0.1) is 6.04 Å². The highest BCUT2D eigenvalue weighted by atomic mass is 16.2. The van der Waals surface area contributed by atoms with E-state index in [-0.39, 0.29) is 87.1 Å². The lowest BCUT2D eigenvalue weighted by Crippen LogP contribution is -2.42. The summed E-state index contributed by atoms with van der Waals surface area (Å²) in [5.74, 6) is -1.67. The largest absolute Gasteiger partial charge is 0.356 e. The van der Waals surface area contributed by atoms with E-state index in [1.165, 1.54) is 9.80 Å². The van der Waals surface area contributed by atoms with Crippen molar-refractivity contribution in [2.45, 2.75) is 56.8 Å². The maximum absolute atomic E-state index is 12.0. The van der Waals surface area contributed by atoms with Gasteiger partial charge < -0.3 is 16.4 Å². The van der Waals surface area contributed by atoms with Gasteiger partial charge in [-0.2, -0.15) is 0 Å². The van der Waals surface area contributed by atoms with Crippen LogP contribution in [0.25, 0.3) is 0 Å². The highest BCUT2D eigenvalue weighted by Gasteiger charge is 2.34. The Balaban J connectivity index is 1.53. The van der Waals surface area contributed by atoms with E-state index in [0.717, 1.165) is 0 Å². The molecule has 2 saturated heterocycles. The summed E-state index contributed by atoms with van der Waals surface area (Å²) in [5, 5.41) is 5.33. The number of carbonyl (C=O) groups is 6. The third-order valence-electron chi connectivity index (χ3n) is 5.38. The molecule has 2 rings (SSSR count). The standard InChI is InChI=1S/C19H30BN5O6/c20-12-11-17(29)25(19(12)31)10-2-8-23-18(30)13(21)3-4-14(26)22-7-1-9-24-15(27)5-6-16(24)28/h12-13H,1-11,20-21H2,(H,22,26)(H,23,30)/t12?,13-/m0/s1. The minimum Gasteiger partial charge on any atom is -0.356 e. The lowest BCUT2D eigenvalue weighted by atomic mass is 9.86. The van der Waals surface area contributed by atoms with Crippen molar-refractivity contribution in [1.29, 1.82) is 0 Å². The lowest BCUT2D eigenvalue weighted by molar-refractivity contribution is -0.140. The highest BCUT2D eigenvalue weighted by molar-refractivity contribution is 6.29. The van der Waals surface area contributed by atoms with Gasteiger partial charge in [0.25, 0.3) is 0 Å². The van der Waals surface area contributed by atoms with Gasteiger partial charge >= 0.3 is 0 Å². The summed E-state index contributed by atoms with van der Waals surface area (Å²) in [4.78, 5) is 72.8. The molecule has 2 aliphatic rings. The van der Waals surface area contributed by atoms with E-state index in [2.05, 4.69) is 10.6 Å². The molecule has 2 aliphatic heterocycles. The molecule has 0 aliphatic carbocycles. The lowest BCUT2D eigenvalue weighted by Gasteiger charge is -2.16. The van der Waals surface area contributed by atoms with Gasteiger partial charge in [0.2, 0.25) is 35.4 Å². The van der Waals surface area contributed by atoms with Crippen LogP contribution < -0.4 is 16.4 Å². The summed E-state index contributed by atoms with van der Waals surface area (Å²) in [5.41, 5.74) is 5.81. The van der Waals surface area contributed by atoms with Crippen molar-refractivity contribution in [2.24, 2.45) is 5.73 Å². The zero-order valence-electron chi connectivity index (χ0n) is 17.9. The van der Waals surface area contributed by atoms with E-state index in [4.69, 9.17) is 5.73 Å². The second-order valence-electron chi connectivity index (χ2n) is 7.92. The Morgan fingerprint density at radius 3 is 2.13 bits per heavy atom. The summed E-state index contributed by atoms with van der Waals surface area (Å²) >= 11 is 0. The van der Waals surface area contributed by atoms with Crippen LogP contribution in [-0.2, 0) is 28.8 Å². The molecule has 31 heavy (non-hydrogen) atoms. The number of carbonyl (C=O) groups excluding carboxylic acids is 6. The molecule has 0 bridgehead atoms. The average Bonchev–Trinajstić information content (AvgIpc) is 3.18. The van der Waals surface area contributed by atoms with Gasteiger partial charge in [0.15, 0.2) is 0 Å². The van der Waals surface area contributed by atoms with Crippen molar-refractivity contribution in [1.82, 2.24) is 20.4 Å². The Bertz CT molecular complexity index is 729. The van der Waals surface area contributed by atoms with Crippen molar-refractivity contribution in [3.8, 4) is 0 Å². The van der Waals surface area contributed by atoms with Gasteiger partial charge in [0, 0.05) is 57.7 Å². The Morgan fingerprint density at radius 1 is 0.968 bits per heavy atom. The zero-order valence-corrected chi connectivity index (χ0v) is 17.9. The first-order valence-electron chi connectivity index (χ1n) is 10.7. The van der Waals surface area contributed by atoms with Crippen LogP contribution in [0.15, 0.2) is 0 Å². The van der Waals surface area contributed by atoms with Crippen molar-refractivity contribution in [3.05, 3.63) is 0 Å². The number of nitrogens with zero attached hydrogens (tertiary/aromatic N) is 2. The molecule has 4 N–H and O–H groups in total. The summed E-state index contributed by atoms with van der Waals surface area (Å²) < 4.78 is 0. The Hall–Kier alpha value is -2.76. The molecule has 0 aromatic carbocycles. The predicted octanol–water partition coefficient (Wildman–Crippen LogP) is -2.56. The van der Waals surface area contributed by atoms with Crippen LogP contribution in [-0.4, -0.2) is 85.3 Å². The quantitative estimate of drug-likeness (QED) is 0.173. The van der Waals surface area contributed by atoms with Crippen LogP contribution in [0, 0.1) is 0 Å². The molecule has 2 atom stereocenters.